The number of nitrogens with zero attached hydrogens (tertiary/aromatic N) is 5. The summed E-state index contributed by atoms with van der Waals surface area (Å²) >= 11 is 0. The summed E-state index contributed by atoms with van der Waals surface area (Å²) < 4.78 is 4.67. The molecule has 0 amide bonds. The molecule has 7 nitrogen and oxygen atoms in total. The van der Waals surface area contributed by atoms with Gasteiger partial charge in [-0.1, -0.05) is 12.1 Å². The van der Waals surface area contributed by atoms with Crippen molar-refractivity contribution >= 4 is 0 Å². The van der Waals surface area contributed by atoms with Crippen molar-refractivity contribution < 1.29 is 0 Å². The van der Waals surface area contributed by atoms with Crippen LogP contribution in [0.2, 0.25) is 0 Å². The van der Waals surface area contributed by atoms with E-state index in [0.717, 1.165) is 16.7 Å². The fourth-order valence-corrected chi connectivity index (χ4v) is 3.49. The smallest absolute Gasteiger partial charge is 0.253 e. The van der Waals surface area contributed by atoms with Crippen LogP contribution in [0.25, 0.3) is 27.9 Å². The van der Waals surface area contributed by atoms with Gasteiger partial charge in [-0.15, -0.1) is 0 Å². The third-order valence-corrected chi connectivity index (χ3v) is 5.07. The Morgan fingerprint density at radius 2 is 1.70 bits per heavy atom. The Labute approximate surface area is 172 Å². The molecule has 30 heavy (non-hydrogen) atoms. The van der Waals surface area contributed by atoms with Gasteiger partial charge in [-0.25, -0.2) is 4.68 Å². The van der Waals surface area contributed by atoms with Crippen LogP contribution in [-0.2, 0) is 14.1 Å². The normalized spacial score (nSPS) is 10.7. The largest absolute Gasteiger partial charge is 0.318 e. The van der Waals surface area contributed by atoms with Crippen LogP contribution in [0.5, 0.6) is 0 Å². The molecule has 4 rings (SSSR count). The second-order valence-corrected chi connectivity index (χ2v) is 7.18. The maximum Gasteiger partial charge on any atom is 0.253 e. The second-order valence-electron chi connectivity index (χ2n) is 7.18. The predicted molar refractivity (Wildman–Crippen MR) is 114 cm³/mol. The van der Waals surface area contributed by atoms with Gasteiger partial charge in [0.05, 0.1) is 17.4 Å². The Balaban J connectivity index is 1.92. The van der Waals surface area contributed by atoms with E-state index < -0.39 is 0 Å². The number of hydrogen-bond donors (Lipinski definition) is 0. The summed E-state index contributed by atoms with van der Waals surface area (Å²) in [6.07, 6.45) is 7.01. The average molecular weight is 397 g/mol. The molecule has 0 saturated carbocycles. The van der Waals surface area contributed by atoms with Crippen LogP contribution in [0.3, 0.4) is 0 Å². The molecule has 0 radical (unpaired) electrons. The highest BCUT2D eigenvalue weighted by Gasteiger charge is 2.15. The molecular formula is C23H19N5O2. The standard InChI is InChI=1S/C23H19N5O2/c1-15-8-17(12-27(3)23(15)30)19-9-22(29)26(2)14-20(19)18-11-25-28(13-18)21-7-5-4-6-16(21)10-24/h4-9,11-14H,1-3H3. The number of hydrogen-bond acceptors (Lipinski definition) is 4. The zero-order valence-corrected chi connectivity index (χ0v) is 16.8. The van der Waals surface area contributed by atoms with E-state index in [1.807, 2.05) is 18.3 Å². The Hall–Kier alpha value is -4.18. The first-order valence-corrected chi connectivity index (χ1v) is 9.32. The number of rotatable bonds is 3. The summed E-state index contributed by atoms with van der Waals surface area (Å²) in [5.41, 5.74) is 4.64. The zero-order valence-electron chi connectivity index (χ0n) is 16.8. The molecule has 0 N–H and O–H groups in total. The van der Waals surface area contributed by atoms with Gasteiger partial charge < -0.3 is 9.13 Å². The van der Waals surface area contributed by atoms with Gasteiger partial charge in [0.25, 0.3) is 11.1 Å². The van der Waals surface area contributed by atoms with Crippen molar-refractivity contribution in [2.75, 3.05) is 0 Å². The number of nitriles is 1. The maximum atomic E-state index is 12.4. The number of benzene rings is 1. The van der Waals surface area contributed by atoms with Crippen molar-refractivity contribution in [3.05, 3.63) is 93.0 Å². The molecule has 0 aliphatic carbocycles. The number of pyridine rings is 2. The fourth-order valence-electron chi connectivity index (χ4n) is 3.49. The molecule has 0 atom stereocenters. The topological polar surface area (TPSA) is 85.6 Å². The first-order chi connectivity index (χ1) is 14.4. The minimum absolute atomic E-state index is 0.0786. The van der Waals surface area contributed by atoms with E-state index in [9.17, 15) is 14.9 Å². The van der Waals surface area contributed by atoms with Crippen molar-refractivity contribution in [1.29, 1.82) is 5.26 Å². The van der Waals surface area contributed by atoms with Crippen molar-refractivity contribution in [2.24, 2.45) is 14.1 Å². The van der Waals surface area contributed by atoms with E-state index in [-0.39, 0.29) is 11.1 Å². The van der Waals surface area contributed by atoms with E-state index in [2.05, 4.69) is 11.2 Å². The Morgan fingerprint density at radius 3 is 2.43 bits per heavy atom. The van der Waals surface area contributed by atoms with Gasteiger partial charge in [0.1, 0.15) is 6.07 Å². The summed E-state index contributed by atoms with van der Waals surface area (Å²) in [6.45, 7) is 1.75. The highest BCUT2D eigenvalue weighted by atomic mass is 16.1. The zero-order chi connectivity index (χ0) is 21.4. The van der Waals surface area contributed by atoms with Crippen molar-refractivity contribution in [3.63, 3.8) is 0 Å². The van der Waals surface area contributed by atoms with E-state index in [1.165, 1.54) is 9.13 Å². The molecule has 0 aliphatic rings. The molecule has 0 fully saturated rings. The SMILES string of the molecule is Cc1cc(-c2cc(=O)n(C)cc2-c2cnn(-c3ccccc3C#N)c2)cn(C)c1=O. The first-order valence-electron chi connectivity index (χ1n) is 9.32. The minimum atomic E-state index is -0.150. The molecular weight excluding hydrogens is 378 g/mol. The highest BCUT2D eigenvalue weighted by Crippen LogP contribution is 2.31. The van der Waals surface area contributed by atoms with Crippen molar-refractivity contribution in [2.45, 2.75) is 6.92 Å². The minimum Gasteiger partial charge on any atom is -0.318 e. The molecule has 0 unspecified atom stereocenters. The Bertz CT molecular complexity index is 1410. The van der Waals surface area contributed by atoms with Crippen LogP contribution in [-0.4, -0.2) is 18.9 Å². The van der Waals surface area contributed by atoms with E-state index in [4.69, 9.17) is 0 Å². The number of aromatic nitrogens is 4. The third kappa shape index (κ3) is 3.25. The van der Waals surface area contributed by atoms with E-state index in [1.54, 1.807) is 68.6 Å². The summed E-state index contributed by atoms with van der Waals surface area (Å²) in [5.74, 6) is 0. The monoisotopic (exact) mass is 397 g/mol. The van der Waals surface area contributed by atoms with Gasteiger partial charge in [0.2, 0.25) is 0 Å². The molecule has 4 aromatic rings. The van der Waals surface area contributed by atoms with Crippen LogP contribution in [0.15, 0.2) is 70.8 Å². The number of aryl methyl sites for hydroxylation is 3. The molecule has 0 spiro atoms. The van der Waals surface area contributed by atoms with E-state index >= 15 is 0 Å². The summed E-state index contributed by atoms with van der Waals surface area (Å²) in [4.78, 5) is 24.5. The third-order valence-electron chi connectivity index (χ3n) is 5.07. The second kappa shape index (κ2) is 7.33. The molecule has 3 aromatic heterocycles. The van der Waals surface area contributed by atoms with Crippen molar-refractivity contribution in [3.8, 4) is 34.0 Å². The molecule has 0 saturated heterocycles. The molecule has 148 valence electrons. The van der Waals surface area contributed by atoms with Crippen LogP contribution in [0.4, 0.5) is 0 Å². The molecule has 0 bridgehead atoms. The van der Waals surface area contributed by atoms with Gasteiger partial charge in [0.15, 0.2) is 0 Å². The fraction of sp³-hybridized carbons (Fsp3) is 0.130. The van der Waals surface area contributed by atoms with Gasteiger partial charge in [-0.05, 0) is 36.2 Å². The van der Waals surface area contributed by atoms with Gasteiger partial charge in [-0.3, -0.25) is 9.59 Å². The lowest BCUT2D eigenvalue weighted by molar-refractivity contribution is 0.847. The number of para-hydroxylation sites is 1. The molecule has 7 heteroatoms. The Morgan fingerprint density at radius 1 is 0.933 bits per heavy atom. The van der Waals surface area contributed by atoms with Crippen LogP contribution < -0.4 is 11.1 Å². The summed E-state index contributed by atoms with van der Waals surface area (Å²) in [7, 11) is 3.38. The predicted octanol–water partition coefficient (Wildman–Crippen LogP) is 2.78. The van der Waals surface area contributed by atoms with E-state index in [0.29, 0.717) is 22.4 Å². The quantitative estimate of drug-likeness (QED) is 0.532. The first kappa shape index (κ1) is 19.2. The van der Waals surface area contributed by atoms with Crippen LogP contribution >= 0.6 is 0 Å². The summed E-state index contributed by atoms with van der Waals surface area (Å²) in [6, 6.07) is 12.7. The molecule has 1 aromatic carbocycles. The maximum absolute atomic E-state index is 12.4. The molecule has 3 heterocycles. The van der Waals surface area contributed by atoms with Crippen LogP contribution in [0.1, 0.15) is 11.1 Å². The van der Waals surface area contributed by atoms with Crippen molar-refractivity contribution in [1.82, 2.24) is 18.9 Å². The lowest BCUT2D eigenvalue weighted by Crippen LogP contribution is -2.19. The molecule has 0 aliphatic heterocycles. The lowest BCUT2D eigenvalue weighted by atomic mass is 9.98. The lowest BCUT2D eigenvalue weighted by Gasteiger charge is -2.12. The highest BCUT2D eigenvalue weighted by molar-refractivity contribution is 5.82. The van der Waals surface area contributed by atoms with Gasteiger partial charge in [-0.2, -0.15) is 10.4 Å². The van der Waals surface area contributed by atoms with Crippen LogP contribution in [0, 0.1) is 18.3 Å². The van der Waals surface area contributed by atoms with Gasteiger partial charge in [0, 0.05) is 55.4 Å². The average Bonchev–Trinajstić information content (AvgIpc) is 3.23. The van der Waals surface area contributed by atoms with Gasteiger partial charge >= 0.3 is 0 Å². The summed E-state index contributed by atoms with van der Waals surface area (Å²) in [5, 5.41) is 13.8. The Kier molecular flexibility index (Phi) is 4.68.